The van der Waals surface area contributed by atoms with Crippen molar-refractivity contribution in [3.05, 3.63) is 65.2 Å². The van der Waals surface area contributed by atoms with Crippen LogP contribution in [0.25, 0.3) is 0 Å². The van der Waals surface area contributed by atoms with Crippen LogP contribution in [-0.4, -0.2) is 36.2 Å². The molecule has 0 bridgehead atoms. The predicted octanol–water partition coefficient (Wildman–Crippen LogP) is 4.21. The fourth-order valence-corrected chi connectivity index (χ4v) is 5.28. The zero-order valence-corrected chi connectivity index (χ0v) is 16.8. The molecule has 1 unspecified atom stereocenters. The first-order chi connectivity index (χ1) is 13.2. The third kappa shape index (κ3) is 4.56. The van der Waals surface area contributed by atoms with E-state index in [1.54, 1.807) is 11.8 Å². The summed E-state index contributed by atoms with van der Waals surface area (Å²) >= 11 is 1.80. The minimum Gasteiger partial charge on any atom is -0.355 e. The van der Waals surface area contributed by atoms with Crippen LogP contribution in [0.5, 0.6) is 0 Å². The van der Waals surface area contributed by atoms with E-state index in [9.17, 15) is 4.79 Å². The molecule has 1 saturated heterocycles. The smallest absolute Gasteiger partial charge is 0.228 e. The Morgan fingerprint density at radius 2 is 1.85 bits per heavy atom. The second-order valence-electron chi connectivity index (χ2n) is 7.85. The lowest BCUT2D eigenvalue weighted by molar-refractivity contribution is -0.122. The molecule has 1 atom stereocenters. The van der Waals surface area contributed by atoms with E-state index in [-0.39, 0.29) is 11.8 Å². The second-order valence-corrected chi connectivity index (χ2v) is 8.91. The van der Waals surface area contributed by atoms with E-state index >= 15 is 0 Å². The average Bonchev–Trinajstić information content (AvgIpc) is 3.13. The molecule has 3 nitrogen and oxygen atoms in total. The van der Waals surface area contributed by atoms with E-state index in [4.69, 9.17) is 0 Å². The number of likely N-dealkylation sites (tertiary alicyclic amines) is 1. The van der Waals surface area contributed by atoms with Gasteiger partial charge in [0.2, 0.25) is 5.91 Å². The van der Waals surface area contributed by atoms with Gasteiger partial charge in [-0.3, -0.25) is 9.69 Å². The Morgan fingerprint density at radius 3 is 2.63 bits per heavy atom. The number of carbonyl (C=O) groups is 1. The Balaban J connectivity index is 1.22. The number of hydrogen-bond acceptors (Lipinski definition) is 3. The highest BCUT2D eigenvalue weighted by molar-refractivity contribution is 7.99. The van der Waals surface area contributed by atoms with Gasteiger partial charge in [-0.2, -0.15) is 0 Å². The van der Waals surface area contributed by atoms with Crippen LogP contribution in [0.1, 0.15) is 35.4 Å². The number of carbonyl (C=O) groups excluding carboxylic acids is 1. The summed E-state index contributed by atoms with van der Waals surface area (Å²) in [4.78, 5) is 16.4. The fraction of sp³-hybridized carbons (Fsp3) is 0.435. The summed E-state index contributed by atoms with van der Waals surface area (Å²) in [6, 6.07) is 17.2. The predicted molar refractivity (Wildman–Crippen MR) is 112 cm³/mol. The largest absolute Gasteiger partial charge is 0.355 e. The SMILES string of the molecule is Cc1ccc(CN2CCC(CNC(=O)C3CSc4ccccc43)CC2)cc1. The van der Waals surface area contributed by atoms with Crippen LogP contribution in [0, 0.1) is 12.8 Å². The van der Waals surface area contributed by atoms with E-state index in [0.717, 1.165) is 31.9 Å². The van der Waals surface area contributed by atoms with Crippen LogP contribution in [0.2, 0.25) is 0 Å². The van der Waals surface area contributed by atoms with Crippen molar-refractivity contribution in [2.24, 2.45) is 5.92 Å². The quantitative estimate of drug-likeness (QED) is 0.843. The Bertz CT molecular complexity index is 781. The Labute approximate surface area is 166 Å². The molecule has 0 spiro atoms. The van der Waals surface area contributed by atoms with Gasteiger partial charge in [-0.25, -0.2) is 0 Å². The first-order valence-electron chi connectivity index (χ1n) is 9.96. The normalized spacial score (nSPS) is 20.4. The minimum absolute atomic E-state index is 0.0211. The van der Waals surface area contributed by atoms with E-state index < -0.39 is 0 Å². The molecule has 2 aromatic rings. The minimum atomic E-state index is 0.0211. The lowest BCUT2D eigenvalue weighted by Gasteiger charge is -2.32. The van der Waals surface area contributed by atoms with E-state index in [1.807, 2.05) is 6.07 Å². The van der Waals surface area contributed by atoms with Crippen molar-refractivity contribution < 1.29 is 4.79 Å². The summed E-state index contributed by atoms with van der Waals surface area (Å²) in [5.74, 6) is 1.70. The molecule has 0 aliphatic carbocycles. The molecule has 4 heteroatoms. The van der Waals surface area contributed by atoms with Crippen LogP contribution in [0.15, 0.2) is 53.4 Å². The number of fused-ring (bicyclic) bond motifs is 1. The van der Waals surface area contributed by atoms with Crippen molar-refractivity contribution in [3.8, 4) is 0 Å². The number of hydrogen-bond donors (Lipinski definition) is 1. The zero-order chi connectivity index (χ0) is 18.6. The molecule has 0 radical (unpaired) electrons. The monoisotopic (exact) mass is 380 g/mol. The van der Waals surface area contributed by atoms with Crippen molar-refractivity contribution in [1.29, 1.82) is 0 Å². The standard InChI is InChI=1S/C23H28N2OS/c1-17-6-8-19(9-7-17)15-25-12-10-18(11-13-25)14-24-23(26)21-16-27-22-5-3-2-4-20(21)22/h2-9,18,21H,10-16H2,1H3,(H,24,26). The topological polar surface area (TPSA) is 32.3 Å². The molecule has 142 valence electrons. The molecule has 0 saturated carbocycles. The van der Waals surface area contributed by atoms with E-state index in [0.29, 0.717) is 5.92 Å². The summed E-state index contributed by atoms with van der Waals surface area (Å²) in [6.07, 6.45) is 2.34. The van der Waals surface area contributed by atoms with E-state index in [2.05, 4.69) is 59.6 Å². The van der Waals surface area contributed by atoms with Gasteiger partial charge >= 0.3 is 0 Å². The maximum atomic E-state index is 12.6. The third-order valence-electron chi connectivity index (χ3n) is 5.82. The average molecular weight is 381 g/mol. The van der Waals surface area contributed by atoms with Crippen molar-refractivity contribution in [1.82, 2.24) is 10.2 Å². The van der Waals surface area contributed by atoms with E-state index in [1.165, 1.54) is 34.4 Å². The molecule has 0 aromatic heterocycles. The van der Waals surface area contributed by atoms with Crippen molar-refractivity contribution in [2.75, 3.05) is 25.4 Å². The van der Waals surface area contributed by atoms with Gasteiger partial charge < -0.3 is 5.32 Å². The maximum Gasteiger partial charge on any atom is 0.228 e. The molecule has 2 aliphatic rings. The van der Waals surface area contributed by atoms with Crippen molar-refractivity contribution in [2.45, 2.75) is 37.1 Å². The summed E-state index contributed by atoms with van der Waals surface area (Å²) in [5.41, 5.74) is 3.91. The third-order valence-corrected chi connectivity index (χ3v) is 7.00. The van der Waals surface area contributed by atoms with Gasteiger partial charge in [0.15, 0.2) is 0 Å². The number of piperidine rings is 1. The van der Waals surface area contributed by atoms with Crippen LogP contribution < -0.4 is 5.32 Å². The summed E-state index contributed by atoms with van der Waals surface area (Å²) < 4.78 is 0. The summed E-state index contributed by atoms with van der Waals surface area (Å²) in [7, 11) is 0. The van der Waals surface area contributed by atoms with Gasteiger partial charge in [0.05, 0.1) is 5.92 Å². The number of benzene rings is 2. The Kier molecular flexibility index (Phi) is 5.84. The highest BCUT2D eigenvalue weighted by Crippen LogP contribution is 2.39. The van der Waals surface area contributed by atoms with Crippen molar-refractivity contribution in [3.63, 3.8) is 0 Å². The first kappa shape index (κ1) is 18.6. The first-order valence-corrected chi connectivity index (χ1v) is 10.9. The van der Waals surface area contributed by atoms with Crippen LogP contribution >= 0.6 is 11.8 Å². The molecule has 1 amide bonds. The van der Waals surface area contributed by atoms with Gasteiger partial charge in [0.1, 0.15) is 0 Å². The van der Waals surface area contributed by atoms with Crippen molar-refractivity contribution >= 4 is 17.7 Å². The lowest BCUT2D eigenvalue weighted by Crippen LogP contribution is -2.39. The Morgan fingerprint density at radius 1 is 1.11 bits per heavy atom. The van der Waals surface area contributed by atoms with Gasteiger partial charge in [0, 0.05) is 23.7 Å². The molecular formula is C23H28N2OS. The summed E-state index contributed by atoms with van der Waals surface area (Å²) in [6.45, 7) is 6.23. The van der Waals surface area contributed by atoms with Gasteiger partial charge in [-0.05, 0) is 56.0 Å². The van der Waals surface area contributed by atoms with Crippen LogP contribution in [0.4, 0.5) is 0 Å². The fourth-order valence-electron chi connectivity index (χ4n) is 4.05. The Hall–Kier alpha value is -1.78. The number of thioether (sulfide) groups is 1. The highest BCUT2D eigenvalue weighted by atomic mass is 32.2. The molecular weight excluding hydrogens is 352 g/mol. The number of nitrogens with one attached hydrogen (secondary N) is 1. The highest BCUT2D eigenvalue weighted by Gasteiger charge is 2.29. The number of amides is 1. The van der Waals surface area contributed by atoms with Crippen LogP contribution in [0.3, 0.4) is 0 Å². The molecule has 4 rings (SSSR count). The van der Waals surface area contributed by atoms with Crippen LogP contribution in [-0.2, 0) is 11.3 Å². The maximum absolute atomic E-state index is 12.6. The molecule has 1 N–H and O–H groups in total. The molecule has 2 aromatic carbocycles. The molecule has 1 fully saturated rings. The van der Waals surface area contributed by atoms with Gasteiger partial charge in [-0.15, -0.1) is 11.8 Å². The zero-order valence-electron chi connectivity index (χ0n) is 16.0. The van der Waals surface area contributed by atoms with Gasteiger partial charge in [0.25, 0.3) is 0 Å². The summed E-state index contributed by atoms with van der Waals surface area (Å²) in [5, 5.41) is 3.24. The number of rotatable bonds is 5. The van der Waals surface area contributed by atoms with Gasteiger partial charge in [-0.1, -0.05) is 48.0 Å². The second kappa shape index (κ2) is 8.49. The number of aryl methyl sites for hydroxylation is 1. The molecule has 2 aliphatic heterocycles. The molecule has 2 heterocycles. The number of nitrogens with zero attached hydrogens (tertiary/aromatic N) is 1. The molecule has 27 heavy (non-hydrogen) atoms. The lowest BCUT2D eigenvalue weighted by atomic mass is 9.95.